The Kier molecular flexibility index (Phi) is 5.39. The predicted octanol–water partition coefficient (Wildman–Crippen LogP) is 2.15. The number of nitrogens with one attached hydrogen (secondary N) is 1. The number of nitrogens with zero attached hydrogens (tertiary/aromatic N) is 3. The zero-order valence-corrected chi connectivity index (χ0v) is 14.0. The Labute approximate surface area is 138 Å². The molecular formula is C18H26N4O. The summed E-state index contributed by atoms with van der Waals surface area (Å²) >= 11 is 0. The highest BCUT2D eigenvalue weighted by atomic mass is 16.2. The highest BCUT2D eigenvalue weighted by Gasteiger charge is 2.19. The average Bonchev–Trinajstić information content (AvgIpc) is 2.55. The van der Waals surface area contributed by atoms with Gasteiger partial charge in [-0.2, -0.15) is 0 Å². The molecule has 1 N–H and O–H groups in total. The summed E-state index contributed by atoms with van der Waals surface area (Å²) in [6, 6.07) is 0. The van der Waals surface area contributed by atoms with Crippen molar-refractivity contribution in [2.24, 2.45) is 0 Å². The molecule has 0 spiro atoms. The quantitative estimate of drug-likeness (QED) is 0.846. The van der Waals surface area contributed by atoms with E-state index < -0.39 is 0 Å². The van der Waals surface area contributed by atoms with Crippen LogP contribution in [0.3, 0.4) is 0 Å². The number of allylic oxidation sites excluding steroid dienone is 1. The van der Waals surface area contributed by atoms with Gasteiger partial charge in [-0.1, -0.05) is 11.6 Å². The number of fused-ring (bicyclic) bond motifs is 1. The molecule has 2 heterocycles. The molecule has 5 nitrogen and oxygen atoms in total. The van der Waals surface area contributed by atoms with Crippen molar-refractivity contribution in [2.75, 3.05) is 19.6 Å². The summed E-state index contributed by atoms with van der Waals surface area (Å²) in [5.41, 5.74) is 3.80. The van der Waals surface area contributed by atoms with Gasteiger partial charge in [-0.3, -0.25) is 9.69 Å². The van der Waals surface area contributed by atoms with Crippen LogP contribution >= 0.6 is 0 Å². The molecule has 0 bridgehead atoms. The van der Waals surface area contributed by atoms with Crippen molar-refractivity contribution >= 4 is 5.91 Å². The second-order valence-corrected chi connectivity index (χ2v) is 6.56. The molecule has 1 aliphatic carbocycles. The lowest BCUT2D eigenvalue weighted by atomic mass is 9.97. The van der Waals surface area contributed by atoms with Crippen LogP contribution in [0.4, 0.5) is 0 Å². The van der Waals surface area contributed by atoms with E-state index in [1.165, 1.54) is 36.8 Å². The van der Waals surface area contributed by atoms with Crippen LogP contribution in [0.25, 0.3) is 0 Å². The monoisotopic (exact) mass is 314 g/mol. The number of rotatable bonds is 5. The molecule has 0 saturated carbocycles. The van der Waals surface area contributed by atoms with Crippen molar-refractivity contribution < 1.29 is 4.79 Å². The van der Waals surface area contributed by atoms with E-state index in [2.05, 4.69) is 26.3 Å². The van der Waals surface area contributed by atoms with Gasteiger partial charge in [0.1, 0.15) is 5.82 Å². The van der Waals surface area contributed by atoms with Gasteiger partial charge >= 0.3 is 0 Å². The van der Waals surface area contributed by atoms with Crippen LogP contribution in [0.1, 0.15) is 49.2 Å². The molecule has 0 saturated heterocycles. The van der Waals surface area contributed by atoms with Crippen LogP contribution in [-0.2, 0) is 17.8 Å². The maximum Gasteiger partial charge on any atom is 0.234 e. The van der Waals surface area contributed by atoms with Crippen molar-refractivity contribution in [2.45, 2.75) is 52.0 Å². The number of hydrogen-bond donors (Lipinski definition) is 1. The summed E-state index contributed by atoms with van der Waals surface area (Å²) < 4.78 is 0. The smallest absolute Gasteiger partial charge is 0.234 e. The van der Waals surface area contributed by atoms with Gasteiger partial charge in [-0.25, -0.2) is 9.97 Å². The van der Waals surface area contributed by atoms with E-state index in [9.17, 15) is 4.79 Å². The third-order valence-electron chi connectivity index (χ3n) is 4.67. The van der Waals surface area contributed by atoms with E-state index in [4.69, 9.17) is 0 Å². The van der Waals surface area contributed by atoms with Crippen molar-refractivity contribution in [3.8, 4) is 0 Å². The van der Waals surface area contributed by atoms with Gasteiger partial charge in [0.05, 0.1) is 12.2 Å². The van der Waals surface area contributed by atoms with Gasteiger partial charge in [0.2, 0.25) is 5.91 Å². The first-order valence-electron chi connectivity index (χ1n) is 8.69. The van der Waals surface area contributed by atoms with Crippen LogP contribution in [0, 0.1) is 6.92 Å². The number of carbonyl (C=O) groups excluding carboxylic acids is 1. The SMILES string of the molecule is Cc1ncc2c(n1)CN(CC(=O)NCCC1=CCCCC1)CC2. The highest BCUT2D eigenvalue weighted by molar-refractivity contribution is 5.78. The minimum Gasteiger partial charge on any atom is -0.355 e. The Hall–Kier alpha value is -1.75. The second kappa shape index (κ2) is 7.68. The lowest BCUT2D eigenvalue weighted by molar-refractivity contribution is -0.122. The molecule has 23 heavy (non-hydrogen) atoms. The van der Waals surface area contributed by atoms with Crippen LogP contribution in [0.2, 0.25) is 0 Å². The third kappa shape index (κ3) is 4.61. The molecule has 0 atom stereocenters. The molecule has 0 unspecified atom stereocenters. The van der Waals surface area contributed by atoms with Gasteiger partial charge in [0.25, 0.3) is 0 Å². The fourth-order valence-corrected chi connectivity index (χ4v) is 3.35. The summed E-state index contributed by atoms with van der Waals surface area (Å²) in [6.45, 7) is 4.78. The maximum absolute atomic E-state index is 12.1. The maximum atomic E-state index is 12.1. The van der Waals surface area contributed by atoms with Gasteiger partial charge in [0.15, 0.2) is 0 Å². The van der Waals surface area contributed by atoms with E-state index in [1.54, 1.807) is 0 Å². The molecule has 5 heteroatoms. The predicted molar refractivity (Wildman–Crippen MR) is 89.9 cm³/mol. The summed E-state index contributed by atoms with van der Waals surface area (Å²) in [7, 11) is 0. The Morgan fingerprint density at radius 1 is 1.35 bits per heavy atom. The number of amides is 1. The lowest BCUT2D eigenvalue weighted by Gasteiger charge is -2.27. The van der Waals surface area contributed by atoms with Crippen molar-refractivity contribution in [1.82, 2.24) is 20.2 Å². The molecule has 1 amide bonds. The molecule has 3 rings (SSSR count). The fraction of sp³-hybridized carbons (Fsp3) is 0.611. The first kappa shape index (κ1) is 16.1. The van der Waals surface area contributed by atoms with Gasteiger partial charge in [0, 0.05) is 25.8 Å². The Bertz CT molecular complexity index is 597. The number of aryl methyl sites for hydroxylation is 1. The van der Waals surface area contributed by atoms with Crippen LogP contribution in [-0.4, -0.2) is 40.4 Å². The molecule has 0 radical (unpaired) electrons. The molecule has 1 aromatic heterocycles. The minimum atomic E-state index is 0.121. The van der Waals surface area contributed by atoms with Crippen molar-refractivity contribution in [3.05, 3.63) is 34.9 Å². The molecule has 2 aliphatic rings. The third-order valence-corrected chi connectivity index (χ3v) is 4.67. The fourth-order valence-electron chi connectivity index (χ4n) is 3.35. The summed E-state index contributed by atoms with van der Waals surface area (Å²) in [6.07, 6.45) is 11.2. The zero-order valence-electron chi connectivity index (χ0n) is 14.0. The first-order chi connectivity index (χ1) is 11.2. The normalized spacial score (nSPS) is 18.2. The molecule has 0 fully saturated rings. The van der Waals surface area contributed by atoms with E-state index in [0.29, 0.717) is 6.54 Å². The lowest BCUT2D eigenvalue weighted by Crippen LogP contribution is -2.40. The molecular weight excluding hydrogens is 288 g/mol. The molecule has 1 aliphatic heterocycles. The molecule has 0 aromatic carbocycles. The van der Waals surface area contributed by atoms with E-state index in [0.717, 1.165) is 44.0 Å². The summed E-state index contributed by atoms with van der Waals surface area (Å²) in [5.74, 6) is 0.923. The van der Waals surface area contributed by atoms with Crippen LogP contribution < -0.4 is 5.32 Å². The Morgan fingerprint density at radius 3 is 3.09 bits per heavy atom. The Balaban J connectivity index is 1.42. The topological polar surface area (TPSA) is 58.1 Å². The van der Waals surface area contributed by atoms with E-state index >= 15 is 0 Å². The largest absolute Gasteiger partial charge is 0.355 e. The van der Waals surface area contributed by atoms with Crippen LogP contribution in [0.5, 0.6) is 0 Å². The van der Waals surface area contributed by atoms with Crippen LogP contribution in [0.15, 0.2) is 17.8 Å². The van der Waals surface area contributed by atoms with Crippen molar-refractivity contribution in [3.63, 3.8) is 0 Å². The van der Waals surface area contributed by atoms with E-state index in [-0.39, 0.29) is 5.91 Å². The zero-order chi connectivity index (χ0) is 16.1. The van der Waals surface area contributed by atoms with Gasteiger partial charge in [-0.15, -0.1) is 0 Å². The van der Waals surface area contributed by atoms with Crippen molar-refractivity contribution in [1.29, 1.82) is 0 Å². The second-order valence-electron chi connectivity index (χ2n) is 6.56. The highest BCUT2D eigenvalue weighted by Crippen LogP contribution is 2.19. The average molecular weight is 314 g/mol. The van der Waals surface area contributed by atoms with Gasteiger partial charge in [-0.05, 0) is 51.0 Å². The number of hydrogen-bond acceptors (Lipinski definition) is 4. The van der Waals surface area contributed by atoms with E-state index in [1.807, 2.05) is 13.1 Å². The van der Waals surface area contributed by atoms with Gasteiger partial charge < -0.3 is 5.32 Å². The number of carbonyl (C=O) groups is 1. The first-order valence-corrected chi connectivity index (χ1v) is 8.69. The summed E-state index contributed by atoms with van der Waals surface area (Å²) in [4.78, 5) is 23.0. The number of aromatic nitrogens is 2. The molecule has 124 valence electrons. The summed E-state index contributed by atoms with van der Waals surface area (Å²) in [5, 5.41) is 3.06. The minimum absolute atomic E-state index is 0.121. The molecule has 1 aromatic rings. The standard InChI is InChI=1S/C18H26N4O/c1-14-20-11-16-8-10-22(12-17(16)21-14)13-18(23)19-9-7-15-5-3-2-4-6-15/h5,11H,2-4,6-10,12-13H2,1H3,(H,19,23). The Morgan fingerprint density at radius 2 is 2.26 bits per heavy atom.